The van der Waals surface area contributed by atoms with E-state index in [1.54, 1.807) is 6.21 Å². The Morgan fingerprint density at radius 1 is 1.31 bits per heavy atom. The van der Waals surface area contributed by atoms with Gasteiger partial charge >= 0.3 is 0 Å². The van der Waals surface area contributed by atoms with Crippen molar-refractivity contribution in [1.29, 1.82) is 0 Å². The lowest BCUT2D eigenvalue weighted by Gasteiger charge is -1.95. The fourth-order valence-corrected chi connectivity index (χ4v) is 1.07. The minimum Gasteiger partial charge on any atom is -0.289 e. The first kappa shape index (κ1) is 10.0. The molecule has 0 amide bonds. The zero-order chi connectivity index (χ0) is 11.2. The molecule has 6 nitrogen and oxygen atoms in total. The second-order valence-electron chi connectivity index (χ2n) is 2.96. The van der Waals surface area contributed by atoms with Crippen molar-refractivity contribution in [2.45, 2.75) is 0 Å². The zero-order valence-corrected chi connectivity index (χ0v) is 8.29. The molecule has 0 aliphatic carbocycles. The normalized spacial score (nSPS) is 10.5. The number of anilines is 1. The Morgan fingerprint density at radius 3 is 2.88 bits per heavy atom. The van der Waals surface area contributed by atoms with Crippen molar-refractivity contribution in [3.05, 3.63) is 52.4 Å². The van der Waals surface area contributed by atoms with Crippen molar-refractivity contribution >= 4 is 12.2 Å². The van der Waals surface area contributed by atoms with Crippen molar-refractivity contribution in [1.82, 2.24) is 15.2 Å². The summed E-state index contributed by atoms with van der Waals surface area (Å²) < 4.78 is 0. The van der Waals surface area contributed by atoms with Gasteiger partial charge in [0.15, 0.2) is 0 Å². The summed E-state index contributed by atoms with van der Waals surface area (Å²) in [6, 6.07) is 9.55. The topological polar surface area (TPSA) is 83.0 Å². The van der Waals surface area contributed by atoms with Gasteiger partial charge in [0.05, 0.1) is 6.21 Å². The lowest BCUT2D eigenvalue weighted by Crippen LogP contribution is -2.10. The molecular formula is C10H9N5O. The third kappa shape index (κ3) is 2.74. The molecule has 2 rings (SSSR count). The first-order valence-electron chi connectivity index (χ1n) is 4.61. The van der Waals surface area contributed by atoms with Crippen LogP contribution >= 0.6 is 0 Å². The van der Waals surface area contributed by atoms with Crippen molar-refractivity contribution in [2.24, 2.45) is 5.10 Å². The summed E-state index contributed by atoms with van der Waals surface area (Å²) in [7, 11) is 0. The largest absolute Gasteiger partial charge is 0.289 e. The Labute approximate surface area is 91.1 Å². The number of nitrogens with zero attached hydrogens (tertiary/aromatic N) is 3. The summed E-state index contributed by atoms with van der Waals surface area (Å²) in [6.07, 6.45) is 2.71. The lowest BCUT2D eigenvalue weighted by atomic mass is 10.2. The van der Waals surface area contributed by atoms with Gasteiger partial charge in [0.25, 0.3) is 5.56 Å². The molecule has 1 heterocycles. The minimum atomic E-state index is -0.326. The van der Waals surface area contributed by atoms with E-state index in [-0.39, 0.29) is 11.5 Å². The number of hydrazone groups is 1. The van der Waals surface area contributed by atoms with Crippen LogP contribution in [-0.2, 0) is 0 Å². The van der Waals surface area contributed by atoms with Gasteiger partial charge in [0, 0.05) is 0 Å². The maximum atomic E-state index is 10.9. The number of hydrogen-bond acceptors (Lipinski definition) is 5. The second-order valence-corrected chi connectivity index (χ2v) is 2.96. The molecule has 0 bridgehead atoms. The highest BCUT2D eigenvalue weighted by atomic mass is 16.1. The summed E-state index contributed by atoms with van der Waals surface area (Å²) in [5, 5.41) is 11.0. The molecule has 1 aromatic carbocycles. The van der Waals surface area contributed by atoms with E-state index in [0.717, 1.165) is 11.8 Å². The summed E-state index contributed by atoms with van der Waals surface area (Å²) in [5.41, 5.74) is 3.19. The van der Waals surface area contributed by atoms with Gasteiger partial charge in [-0.1, -0.05) is 30.3 Å². The average Bonchev–Trinajstić information content (AvgIpc) is 2.30. The summed E-state index contributed by atoms with van der Waals surface area (Å²) in [4.78, 5) is 13.3. The number of nitrogens with one attached hydrogen (secondary N) is 2. The van der Waals surface area contributed by atoms with Crippen LogP contribution in [0.5, 0.6) is 0 Å². The van der Waals surface area contributed by atoms with Crippen molar-refractivity contribution < 1.29 is 0 Å². The van der Waals surface area contributed by atoms with E-state index in [1.165, 1.54) is 0 Å². The Morgan fingerprint density at radius 2 is 2.12 bits per heavy atom. The number of aromatic nitrogens is 3. The fourth-order valence-electron chi connectivity index (χ4n) is 1.07. The number of hydrogen-bond donors (Lipinski definition) is 2. The van der Waals surface area contributed by atoms with Crippen LogP contribution < -0.4 is 11.0 Å². The summed E-state index contributed by atoms with van der Waals surface area (Å²) in [5.74, 6) is 0.208. The van der Waals surface area contributed by atoms with Crippen molar-refractivity contribution in [3.8, 4) is 0 Å². The molecular weight excluding hydrogens is 206 g/mol. The van der Waals surface area contributed by atoms with Crippen LogP contribution in [-0.4, -0.2) is 21.4 Å². The van der Waals surface area contributed by atoms with E-state index in [9.17, 15) is 4.79 Å². The molecule has 2 aromatic rings. The van der Waals surface area contributed by atoms with Crippen LogP contribution in [0.15, 0.2) is 46.4 Å². The van der Waals surface area contributed by atoms with E-state index in [2.05, 4.69) is 25.7 Å². The lowest BCUT2D eigenvalue weighted by molar-refractivity contribution is 0.939. The fraction of sp³-hybridized carbons (Fsp3) is 0. The molecule has 0 atom stereocenters. The Bertz CT molecular complexity index is 534. The highest BCUT2D eigenvalue weighted by Crippen LogP contribution is 1.94. The Balaban J connectivity index is 2.03. The Kier molecular flexibility index (Phi) is 3.03. The predicted molar refractivity (Wildman–Crippen MR) is 60.3 cm³/mol. The van der Waals surface area contributed by atoms with Gasteiger partial charge in [-0.3, -0.25) is 9.78 Å². The standard InChI is InChI=1S/C10H9N5O/c16-9-7-12-15-10(13-9)14-11-6-8-4-2-1-3-5-8/h1-7H,(H2,13,14,15,16). The van der Waals surface area contributed by atoms with Crippen LogP contribution in [0.2, 0.25) is 0 Å². The van der Waals surface area contributed by atoms with Crippen molar-refractivity contribution in [3.63, 3.8) is 0 Å². The highest BCUT2D eigenvalue weighted by molar-refractivity contribution is 5.79. The van der Waals surface area contributed by atoms with E-state index in [0.29, 0.717) is 0 Å². The van der Waals surface area contributed by atoms with E-state index >= 15 is 0 Å². The molecule has 16 heavy (non-hydrogen) atoms. The number of aromatic amines is 1. The number of rotatable bonds is 3. The second kappa shape index (κ2) is 4.83. The van der Waals surface area contributed by atoms with Crippen LogP contribution in [0.1, 0.15) is 5.56 Å². The molecule has 0 fully saturated rings. The van der Waals surface area contributed by atoms with Crippen LogP contribution in [0.3, 0.4) is 0 Å². The van der Waals surface area contributed by atoms with E-state index in [4.69, 9.17) is 0 Å². The van der Waals surface area contributed by atoms with Crippen LogP contribution in [0, 0.1) is 0 Å². The summed E-state index contributed by atoms with van der Waals surface area (Å²) >= 11 is 0. The van der Waals surface area contributed by atoms with Gasteiger partial charge in [-0.25, -0.2) is 5.43 Å². The van der Waals surface area contributed by atoms with Crippen LogP contribution in [0.25, 0.3) is 0 Å². The van der Waals surface area contributed by atoms with Gasteiger partial charge in [-0.15, -0.1) is 10.2 Å². The highest BCUT2D eigenvalue weighted by Gasteiger charge is 1.91. The molecule has 2 N–H and O–H groups in total. The minimum absolute atomic E-state index is 0.208. The van der Waals surface area contributed by atoms with Gasteiger partial charge in [0.1, 0.15) is 6.20 Å². The van der Waals surface area contributed by atoms with Crippen LogP contribution in [0.4, 0.5) is 5.95 Å². The van der Waals surface area contributed by atoms with Gasteiger partial charge in [0.2, 0.25) is 5.95 Å². The number of H-pyrrole nitrogens is 1. The molecule has 1 aromatic heterocycles. The predicted octanol–water partition coefficient (Wildman–Crippen LogP) is 0.611. The van der Waals surface area contributed by atoms with Gasteiger partial charge in [-0.2, -0.15) is 5.10 Å². The summed E-state index contributed by atoms with van der Waals surface area (Å²) in [6.45, 7) is 0. The molecule has 0 saturated heterocycles. The smallest absolute Gasteiger partial charge is 0.271 e. The third-order valence-electron chi connectivity index (χ3n) is 1.76. The quantitative estimate of drug-likeness (QED) is 0.580. The van der Waals surface area contributed by atoms with Gasteiger partial charge < -0.3 is 0 Å². The first-order valence-corrected chi connectivity index (χ1v) is 4.61. The number of benzene rings is 1. The SMILES string of the molecule is O=c1cnnc(NN=Cc2ccccc2)[nH]1. The van der Waals surface area contributed by atoms with Gasteiger partial charge in [-0.05, 0) is 5.56 Å². The maximum Gasteiger partial charge on any atom is 0.271 e. The molecule has 0 spiro atoms. The monoisotopic (exact) mass is 215 g/mol. The molecule has 0 aliphatic rings. The Hall–Kier alpha value is -2.50. The molecule has 0 radical (unpaired) electrons. The molecule has 0 unspecified atom stereocenters. The molecule has 80 valence electrons. The van der Waals surface area contributed by atoms with E-state index < -0.39 is 0 Å². The molecule has 6 heteroatoms. The third-order valence-corrected chi connectivity index (χ3v) is 1.76. The molecule has 0 saturated carbocycles. The molecule has 0 aliphatic heterocycles. The van der Waals surface area contributed by atoms with E-state index in [1.807, 2.05) is 30.3 Å². The zero-order valence-electron chi connectivity index (χ0n) is 8.29. The first-order chi connectivity index (χ1) is 7.84. The maximum absolute atomic E-state index is 10.9. The van der Waals surface area contributed by atoms with Crippen molar-refractivity contribution in [2.75, 3.05) is 5.43 Å². The average molecular weight is 215 g/mol.